The van der Waals surface area contributed by atoms with Gasteiger partial charge in [-0.3, -0.25) is 14.4 Å². The molecule has 2 fully saturated rings. The molecule has 2 saturated heterocycles. The minimum absolute atomic E-state index is 0.112. The first kappa shape index (κ1) is 23.8. The van der Waals surface area contributed by atoms with E-state index in [1.165, 1.54) is 4.90 Å². The molecule has 5 atom stereocenters. The van der Waals surface area contributed by atoms with E-state index in [2.05, 4.69) is 10.3 Å². The Balaban J connectivity index is 1.43. The van der Waals surface area contributed by atoms with Crippen LogP contribution in [0.4, 0.5) is 0 Å². The van der Waals surface area contributed by atoms with Crippen LogP contribution >= 0.6 is 0 Å². The molecule has 11 nitrogen and oxygen atoms in total. The van der Waals surface area contributed by atoms with E-state index < -0.39 is 35.0 Å². The molecule has 1 unspecified atom stereocenters. The van der Waals surface area contributed by atoms with Gasteiger partial charge in [0.1, 0.15) is 42.0 Å². The number of aromatic nitrogens is 3. The third-order valence-corrected chi connectivity index (χ3v) is 8.06. The Kier molecular flexibility index (Phi) is 5.64. The van der Waals surface area contributed by atoms with Gasteiger partial charge < -0.3 is 24.4 Å². The Morgan fingerprint density at radius 3 is 2.76 bits per heavy atom. The number of likely N-dealkylation sites (tertiary alicyclic amines) is 1. The van der Waals surface area contributed by atoms with Crippen LogP contribution in [-0.2, 0) is 30.5 Å². The van der Waals surface area contributed by atoms with Crippen LogP contribution < -0.4 is 0 Å². The third-order valence-electron chi connectivity index (χ3n) is 8.06. The minimum atomic E-state index is -1.34. The molecule has 4 aliphatic rings. The number of amides is 2. The highest BCUT2D eigenvalue weighted by Crippen LogP contribution is 2.58. The van der Waals surface area contributed by atoms with E-state index in [4.69, 9.17) is 9.47 Å². The number of aliphatic hydroxyl groups is 1. The van der Waals surface area contributed by atoms with Crippen molar-refractivity contribution in [3.05, 3.63) is 48.6 Å². The van der Waals surface area contributed by atoms with Gasteiger partial charge in [0, 0.05) is 19.7 Å². The van der Waals surface area contributed by atoms with Gasteiger partial charge in [0.15, 0.2) is 0 Å². The second kappa shape index (κ2) is 8.77. The summed E-state index contributed by atoms with van der Waals surface area (Å²) >= 11 is 0. The fourth-order valence-corrected chi connectivity index (χ4v) is 6.43. The summed E-state index contributed by atoms with van der Waals surface area (Å²) in [6.07, 6.45) is 7.92. The number of carbonyl (C=O) groups excluding carboxylic acids is 3. The lowest BCUT2D eigenvalue weighted by atomic mass is 9.73. The van der Waals surface area contributed by atoms with E-state index in [0.29, 0.717) is 18.4 Å². The Morgan fingerprint density at radius 2 is 1.95 bits per heavy atom. The SMILES string of the molecule is CC[C@@]12C=CCOC(=O)[C@@H]1[C@H]1C(=O)N(CCCO)C3C(=O)N(Cn4nnc5ccccc54)CC=C[C@@]31O2. The smallest absolute Gasteiger partial charge is 0.313 e. The predicted octanol–water partition coefficient (Wildman–Crippen LogP) is 0.644. The molecule has 1 spiro atoms. The van der Waals surface area contributed by atoms with Crippen molar-refractivity contribution in [1.82, 2.24) is 24.8 Å². The number of esters is 1. The lowest BCUT2D eigenvalue weighted by Gasteiger charge is -2.38. The first-order chi connectivity index (χ1) is 18.0. The van der Waals surface area contributed by atoms with Crippen molar-refractivity contribution in [2.24, 2.45) is 11.8 Å². The van der Waals surface area contributed by atoms with Crippen molar-refractivity contribution in [2.75, 3.05) is 26.3 Å². The van der Waals surface area contributed by atoms with Gasteiger partial charge in [0.05, 0.1) is 11.4 Å². The monoisotopic (exact) mass is 507 g/mol. The van der Waals surface area contributed by atoms with Gasteiger partial charge in [-0.05, 0) is 31.1 Å². The van der Waals surface area contributed by atoms with Crippen molar-refractivity contribution in [3.63, 3.8) is 0 Å². The zero-order valence-electron chi connectivity index (χ0n) is 20.5. The molecule has 2 amide bonds. The molecule has 0 aliphatic carbocycles. The summed E-state index contributed by atoms with van der Waals surface area (Å²) in [6.45, 7) is 2.45. The first-order valence-electron chi connectivity index (χ1n) is 12.7. The van der Waals surface area contributed by atoms with Crippen molar-refractivity contribution in [1.29, 1.82) is 0 Å². The lowest BCUT2D eigenvalue weighted by Crippen LogP contribution is -2.56. The largest absolute Gasteiger partial charge is 0.461 e. The first-order valence-corrected chi connectivity index (χ1v) is 12.7. The normalized spacial score (nSPS) is 32.8. The number of rotatable bonds is 6. The molecular weight excluding hydrogens is 478 g/mol. The molecule has 4 aliphatic heterocycles. The number of hydrogen-bond acceptors (Lipinski definition) is 8. The highest BCUT2D eigenvalue weighted by Gasteiger charge is 2.75. The summed E-state index contributed by atoms with van der Waals surface area (Å²) in [7, 11) is 0. The summed E-state index contributed by atoms with van der Waals surface area (Å²) in [4.78, 5) is 44.5. The molecule has 5 heterocycles. The van der Waals surface area contributed by atoms with E-state index in [0.717, 1.165) is 5.52 Å². The van der Waals surface area contributed by atoms with Crippen molar-refractivity contribution in [2.45, 2.75) is 43.7 Å². The van der Waals surface area contributed by atoms with Crippen LogP contribution in [0.15, 0.2) is 48.6 Å². The van der Waals surface area contributed by atoms with Gasteiger partial charge in [-0.1, -0.05) is 42.5 Å². The molecule has 37 heavy (non-hydrogen) atoms. The standard InChI is InChI=1S/C26H29N5O6/c1-2-25-10-6-15-36-24(35)20(25)19-22(33)30(13-7-14-32)21-23(34)29(12-5-11-26(19,21)37-25)16-31-18-9-4-3-8-17(18)27-28-31/h3-6,8-11,19-21,32H,2,7,12-16H2,1H3/t19-,20-,21?,25+,26-/m0/s1. The molecule has 1 aromatic carbocycles. The minimum Gasteiger partial charge on any atom is -0.461 e. The van der Waals surface area contributed by atoms with Crippen molar-refractivity contribution < 1.29 is 29.0 Å². The highest BCUT2D eigenvalue weighted by atomic mass is 16.6. The van der Waals surface area contributed by atoms with Crippen LogP contribution in [0.25, 0.3) is 11.0 Å². The molecule has 6 rings (SSSR count). The number of nitrogens with zero attached hydrogens (tertiary/aromatic N) is 5. The Bertz CT molecular complexity index is 1320. The number of cyclic esters (lactones) is 1. The van der Waals surface area contributed by atoms with Crippen LogP contribution in [0.5, 0.6) is 0 Å². The second-order valence-electron chi connectivity index (χ2n) is 9.95. The van der Waals surface area contributed by atoms with E-state index in [1.807, 2.05) is 43.3 Å². The highest BCUT2D eigenvalue weighted by molar-refractivity contribution is 5.99. The number of aliphatic hydroxyl groups excluding tert-OH is 1. The molecule has 0 saturated carbocycles. The van der Waals surface area contributed by atoms with Gasteiger partial charge >= 0.3 is 5.97 Å². The zero-order chi connectivity index (χ0) is 25.8. The van der Waals surface area contributed by atoms with E-state index in [1.54, 1.807) is 21.7 Å². The number of benzene rings is 1. The topological polar surface area (TPSA) is 127 Å². The number of hydrogen-bond donors (Lipinski definition) is 1. The molecule has 1 N–H and O–H groups in total. The van der Waals surface area contributed by atoms with Gasteiger partial charge in [-0.15, -0.1) is 5.10 Å². The number of fused-ring (bicyclic) bond motifs is 3. The van der Waals surface area contributed by atoms with Gasteiger partial charge in [-0.2, -0.15) is 0 Å². The van der Waals surface area contributed by atoms with Gasteiger partial charge in [0.2, 0.25) is 5.91 Å². The lowest BCUT2D eigenvalue weighted by molar-refractivity contribution is -0.159. The third kappa shape index (κ3) is 3.37. The molecule has 1 aromatic heterocycles. The molecule has 0 bridgehead atoms. The fourth-order valence-electron chi connectivity index (χ4n) is 6.43. The van der Waals surface area contributed by atoms with Crippen molar-refractivity contribution >= 4 is 28.8 Å². The summed E-state index contributed by atoms with van der Waals surface area (Å²) in [5.74, 6) is -2.94. The number of carbonyl (C=O) groups is 3. The number of ether oxygens (including phenoxy) is 2. The average molecular weight is 508 g/mol. The van der Waals surface area contributed by atoms with Crippen LogP contribution in [0.3, 0.4) is 0 Å². The quantitative estimate of drug-likeness (QED) is 0.446. The summed E-state index contributed by atoms with van der Waals surface area (Å²) in [6, 6.07) is 6.49. The Morgan fingerprint density at radius 1 is 1.11 bits per heavy atom. The molecule has 0 radical (unpaired) electrons. The van der Waals surface area contributed by atoms with E-state index in [9.17, 15) is 19.5 Å². The average Bonchev–Trinajstić information content (AvgIpc) is 3.43. The van der Waals surface area contributed by atoms with Crippen LogP contribution in [-0.4, -0.2) is 91.2 Å². The summed E-state index contributed by atoms with van der Waals surface area (Å²) in [5.41, 5.74) is -0.902. The van der Waals surface area contributed by atoms with E-state index >= 15 is 0 Å². The molecule has 194 valence electrons. The fraction of sp³-hybridized carbons (Fsp3) is 0.500. The van der Waals surface area contributed by atoms with Crippen LogP contribution in [0.2, 0.25) is 0 Å². The Hall–Kier alpha value is -3.57. The van der Waals surface area contributed by atoms with Gasteiger partial charge in [-0.25, -0.2) is 4.68 Å². The van der Waals surface area contributed by atoms with Crippen LogP contribution in [0, 0.1) is 11.8 Å². The zero-order valence-corrected chi connectivity index (χ0v) is 20.5. The Labute approximate surface area is 213 Å². The molecular formula is C26H29N5O6. The molecule has 2 aromatic rings. The van der Waals surface area contributed by atoms with Crippen LogP contribution in [0.1, 0.15) is 19.8 Å². The predicted molar refractivity (Wildman–Crippen MR) is 130 cm³/mol. The van der Waals surface area contributed by atoms with Crippen molar-refractivity contribution in [3.8, 4) is 0 Å². The maximum absolute atomic E-state index is 14.2. The maximum atomic E-state index is 14.2. The number of para-hydroxylation sites is 1. The second-order valence-corrected chi connectivity index (χ2v) is 9.95. The van der Waals surface area contributed by atoms with Gasteiger partial charge in [0.25, 0.3) is 5.91 Å². The van der Waals surface area contributed by atoms with E-state index in [-0.39, 0.29) is 44.8 Å². The maximum Gasteiger partial charge on any atom is 0.313 e. The molecule has 11 heteroatoms. The summed E-state index contributed by atoms with van der Waals surface area (Å²) in [5, 5.41) is 17.9. The summed E-state index contributed by atoms with van der Waals surface area (Å²) < 4.78 is 13.9.